The molecule has 0 aliphatic heterocycles. The van der Waals surface area contributed by atoms with Gasteiger partial charge in [0.15, 0.2) is 9.84 Å². The molecule has 100 valence electrons. The van der Waals surface area contributed by atoms with Gasteiger partial charge >= 0.3 is 0 Å². The topological polar surface area (TPSA) is 54.4 Å². The second-order valence-corrected chi connectivity index (χ2v) is 6.68. The van der Waals surface area contributed by atoms with Crippen LogP contribution in [0.25, 0.3) is 0 Å². The maximum atomic E-state index is 12.0. The SMILES string of the molecule is CS(=O)(=O)[C@H](c1ccccc1)[C@@H](O)c1ccccc1. The van der Waals surface area contributed by atoms with Crippen LogP contribution in [0.2, 0.25) is 0 Å². The molecule has 0 unspecified atom stereocenters. The van der Waals surface area contributed by atoms with E-state index in [1.165, 1.54) is 0 Å². The van der Waals surface area contributed by atoms with Gasteiger partial charge in [-0.25, -0.2) is 8.42 Å². The van der Waals surface area contributed by atoms with Crippen molar-refractivity contribution in [2.45, 2.75) is 11.4 Å². The number of aliphatic hydroxyl groups is 1. The zero-order valence-electron chi connectivity index (χ0n) is 10.6. The first-order valence-corrected chi connectivity index (χ1v) is 7.92. The van der Waals surface area contributed by atoms with Gasteiger partial charge in [0.2, 0.25) is 0 Å². The molecule has 0 aliphatic rings. The van der Waals surface area contributed by atoms with Crippen LogP contribution in [0.4, 0.5) is 0 Å². The molecule has 0 saturated heterocycles. The summed E-state index contributed by atoms with van der Waals surface area (Å²) in [6.45, 7) is 0. The Hall–Kier alpha value is -1.65. The summed E-state index contributed by atoms with van der Waals surface area (Å²) in [5.41, 5.74) is 1.20. The van der Waals surface area contributed by atoms with Gasteiger partial charge in [-0.2, -0.15) is 0 Å². The molecule has 4 heteroatoms. The molecule has 0 aromatic heterocycles. The highest BCUT2D eigenvalue weighted by molar-refractivity contribution is 7.91. The Labute approximate surface area is 113 Å². The zero-order chi connectivity index (χ0) is 13.9. The van der Waals surface area contributed by atoms with Gasteiger partial charge in [0.1, 0.15) is 5.25 Å². The molecule has 0 amide bonds. The van der Waals surface area contributed by atoms with Crippen molar-refractivity contribution in [2.24, 2.45) is 0 Å². The van der Waals surface area contributed by atoms with Crippen LogP contribution in [-0.4, -0.2) is 19.8 Å². The van der Waals surface area contributed by atoms with Gasteiger partial charge in [0.25, 0.3) is 0 Å². The highest BCUT2D eigenvalue weighted by atomic mass is 32.2. The summed E-state index contributed by atoms with van der Waals surface area (Å²) in [7, 11) is -3.42. The first kappa shape index (κ1) is 13.8. The second-order valence-electron chi connectivity index (χ2n) is 4.52. The molecular formula is C15H16O3S. The van der Waals surface area contributed by atoms with Crippen molar-refractivity contribution in [3.63, 3.8) is 0 Å². The van der Waals surface area contributed by atoms with E-state index in [1.807, 2.05) is 12.1 Å². The summed E-state index contributed by atoms with van der Waals surface area (Å²) in [4.78, 5) is 0. The molecule has 0 bridgehead atoms. The van der Waals surface area contributed by atoms with Crippen LogP contribution >= 0.6 is 0 Å². The van der Waals surface area contributed by atoms with Crippen molar-refractivity contribution in [1.29, 1.82) is 0 Å². The minimum Gasteiger partial charge on any atom is -0.387 e. The van der Waals surface area contributed by atoms with E-state index in [-0.39, 0.29) is 0 Å². The number of sulfone groups is 1. The number of hydrogen-bond acceptors (Lipinski definition) is 3. The maximum Gasteiger partial charge on any atom is 0.157 e. The summed E-state index contributed by atoms with van der Waals surface area (Å²) in [5, 5.41) is 9.44. The van der Waals surface area contributed by atoms with Gasteiger partial charge in [-0.05, 0) is 11.1 Å². The van der Waals surface area contributed by atoms with E-state index >= 15 is 0 Å². The van der Waals surface area contributed by atoms with Crippen LogP contribution in [-0.2, 0) is 9.84 Å². The molecule has 0 radical (unpaired) electrons. The molecule has 3 nitrogen and oxygen atoms in total. The molecule has 2 rings (SSSR count). The molecule has 0 heterocycles. The fourth-order valence-corrected chi connectivity index (χ4v) is 3.41. The maximum absolute atomic E-state index is 12.0. The van der Waals surface area contributed by atoms with Crippen LogP contribution in [0, 0.1) is 0 Å². The number of hydrogen-bond donors (Lipinski definition) is 1. The molecule has 0 spiro atoms. The van der Waals surface area contributed by atoms with Crippen LogP contribution in [0.5, 0.6) is 0 Å². The highest BCUT2D eigenvalue weighted by Crippen LogP contribution is 2.34. The third-order valence-corrected chi connectivity index (χ3v) is 4.47. The summed E-state index contributed by atoms with van der Waals surface area (Å²) in [6, 6.07) is 17.6. The van der Waals surface area contributed by atoms with E-state index in [0.717, 1.165) is 6.26 Å². The van der Waals surface area contributed by atoms with E-state index in [2.05, 4.69) is 0 Å². The fourth-order valence-electron chi connectivity index (χ4n) is 2.13. The molecule has 19 heavy (non-hydrogen) atoms. The zero-order valence-corrected chi connectivity index (χ0v) is 11.4. The van der Waals surface area contributed by atoms with Crippen molar-refractivity contribution in [3.8, 4) is 0 Å². The molecule has 2 aromatic rings. The quantitative estimate of drug-likeness (QED) is 0.933. The Morgan fingerprint density at radius 3 is 1.68 bits per heavy atom. The largest absolute Gasteiger partial charge is 0.387 e. The third kappa shape index (κ3) is 3.22. The van der Waals surface area contributed by atoms with Gasteiger partial charge in [-0.3, -0.25) is 0 Å². The van der Waals surface area contributed by atoms with Crippen molar-refractivity contribution < 1.29 is 13.5 Å². The Kier molecular flexibility index (Phi) is 4.02. The third-order valence-electron chi connectivity index (χ3n) is 3.02. The van der Waals surface area contributed by atoms with Gasteiger partial charge in [0, 0.05) is 6.26 Å². The lowest BCUT2D eigenvalue weighted by atomic mass is 10.0. The minimum absolute atomic E-state index is 0.598. The minimum atomic E-state index is -3.42. The van der Waals surface area contributed by atoms with Crippen molar-refractivity contribution in [2.75, 3.05) is 6.26 Å². The first-order valence-electron chi connectivity index (χ1n) is 5.97. The molecule has 1 N–H and O–H groups in total. The van der Waals surface area contributed by atoms with Gasteiger partial charge in [-0.15, -0.1) is 0 Å². The Balaban J connectivity index is 2.46. The normalized spacial score (nSPS) is 14.8. The van der Waals surface area contributed by atoms with Crippen molar-refractivity contribution in [1.82, 2.24) is 0 Å². The summed E-state index contributed by atoms with van der Waals surface area (Å²) >= 11 is 0. The van der Waals surface area contributed by atoms with E-state index in [9.17, 15) is 13.5 Å². The van der Waals surface area contributed by atoms with E-state index in [4.69, 9.17) is 0 Å². The summed E-state index contributed by atoms with van der Waals surface area (Å²) in [6.07, 6.45) is 0.0789. The van der Waals surface area contributed by atoms with Crippen molar-refractivity contribution in [3.05, 3.63) is 71.8 Å². The Morgan fingerprint density at radius 1 is 0.842 bits per heavy atom. The van der Waals surface area contributed by atoms with Crippen molar-refractivity contribution >= 4 is 9.84 Å². The Bertz CT molecular complexity index is 621. The number of benzene rings is 2. The molecule has 2 aromatic carbocycles. The Morgan fingerprint density at radius 2 is 1.26 bits per heavy atom. The standard InChI is InChI=1S/C15H16O3S/c1-19(17,18)15(13-10-6-3-7-11-13)14(16)12-8-4-2-5-9-12/h2-11,14-16H,1H3/t14-,15+/m0/s1. The monoisotopic (exact) mass is 276 g/mol. The number of aliphatic hydroxyl groups excluding tert-OH is 1. The lowest BCUT2D eigenvalue weighted by Crippen LogP contribution is -2.19. The second kappa shape index (κ2) is 5.55. The molecule has 0 fully saturated rings. The average Bonchev–Trinajstić information content (AvgIpc) is 2.39. The first-order chi connectivity index (χ1) is 9.00. The van der Waals surface area contributed by atoms with Crippen LogP contribution in [0.15, 0.2) is 60.7 Å². The van der Waals surface area contributed by atoms with Crippen LogP contribution in [0.3, 0.4) is 0 Å². The smallest absolute Gasteiger partial charge is 0.157 e. The predicted molar refractivity (Wildman–Crippen MR) is 75.4 cm³/mol. The predicted octanol–water partition coefficient (Wildman–Crippen LogP) is 2.51. The fraction of sp³-hybridized carbons (Fsp3) is 0.200. The summed E-state index contributed by atoms with van der Waals surface area (Å²) < 4.78 is 24.0. The van der Waals surface area contributed by atoms with Gasteiger partial charge in [-0.1, -0.05) is 60.7 Å². The van der Waals surface area contributed by atoms with Gasteiger partial charge < -0.3 is 5.11 Å². The highest BCUT2D eigenvalue weighted by Gasteiger charge is 2.31. The molecular weight excluding hydrogens is 260 g/mol. The van der Waals surface area contributed by atoms with Crippen LogP contribution in [0.1, 0.15) is 22.5 Å². The average molecular weight is 276 g/mol. The van der Waals surface area contributed by atoms with E-state index in [1.54, 1.807) is 48.5 Å². The van der Waals surface area contributed by atoms with Gasteiger partial charge in [0.05, 0.1) is 6.10 Å². The van der Waals surface area contributed by atoms with E-state index in [0.29, 0.717) is 11.1 Å². The molecule has 2 atom stereocenters. The number of rotatable bonds is 4. The lowest BCUT2D eigenvalue weighted by Gasteiger charge is -2.22. The lowest BCUT2D eigenvalue weighted by molar-refractivity contribution is 0.171. The summed E-state index contributed by atoms with van der Waals surface area (Å²) in [5.74, 6) is 0. The van der Waals surface area contributed by atoms with E-state index < -0.39 is 21.2 Å². The molecule has 0 saturated carbocycles. The van der Waals surface area contributed by atoms with Crippen LogP contribution < -0.4 is 0 Å². The molecule has 0 aliphatic carbocycles.